The van der Waals surface area contributed by atoms with Crippen molar-refractivity contribution >= 4 is 51.6 Å². The fraction of sp³-hybridized carbons (Fsp3) is 0.593. The molecule has 3 saturated carbocycles. The summed E-state index contributed by atoms with van der Waals surface area (Å²) in [5.74, 6) is 1.26. The highest BCUT2D eigenvalue weighted by molar-refractivity contribution is 7.21. The van der Waals surface area contributed by atoms with Crippen LogP contribution in [0.2, 0.25) is 0 Å². The maximum atomic E-state index is 12.7. The fourth-order valence-electron chi connectivity index (χ4n) is 5.48. The highest BCUT2D eigenvalue weighted by Crippen LogP contribution is 2.45. The van der Waals surface area contributed by atoms with Crippen molar-refractivity contribution in [1.82, 2.24) is 24.8 Å². The van der Waals surface area contributed by atoms with Gasteiger partial charge in [-0.25, -0.2) is 9.97 Å². The van der Waals surface area contributed by atoms with Crippen molar-refractivity contribution in [3.63, 3.8) is 0 Å². The zero-order valence-corrected chi connectivity index (χ0v) is 24.2. The second kappa shape index (κ2) is 10.8. The van der Waals surface area contributed by atoms with E-state index in [-0.39, 0.29) is 24.4 Å². The fourth-order valence-corrected chi connectivity index (χ4v) is 6.55. The number of carbonyl (C=O) groups excluding carboxylic acids is 1. The number of pyridine rings is 1. The summed E-state index contributed by atoms with van der Waals surface area (Å²) in [6, 6.07) is 1.69. The lowest BCUT2D eigenvalue weighted by molar-refractivity contribution is -0.136. The number of fused-ring (bicyclic) bond motifs is 1. The second-order valence-electron chi connectivity index (χ2n) is 11.3. The topological polar surface area (TPSA) is 136 Å². The molecule has 3 aromatic rings. The molecule has 0 spiro atoms. The zero-order valence-electron chi connectivity index (χ0n) is 22.6. The number of carbonyl (C=O) groups is 1. The lowest BCUT2D eigenvalue weighted by Crippen LogP contribution is -2.38. The van der Waals surface area contributed by atoms with Crippen LogP contribution < -0.4 is 10.6 Å². The molecule has 3 aliphatic rings. The Kier molecular flexibility index (Phi) is 7.71. The van der Waals surface area contributed by atoms with Crippen molar-refractivity contribution in [1.29, 1.82) is 0 Å². The van der Waals surface area contributed by atoms with Crippen molar-refractivity contribution in [2.45, 2.75) is 76.2 Å². The van der Waals surface area contributed by atoms with E-state index in [4.69, 9.17) is 15.0 Å². The van der Waals surface area contributed by atoms with Crippen LogP contribution >= 0.6 is 23.7 Å². The molecule has 0 unspecified atom stereocenters. The van der Waals surface area contributed by atoms with Crippen LogP contribution in [0.25, 0.3) is 20.8 Å². The van der Waals surface area contributed by atoms with E-state index in [1.807, 2.05) is 19.2 Å². The first kappa shape index (κ1) is 27.9. The van der Waals surface area contributed by atoms with Crippen LogP contribution in [-0.2, 0) is 4.79 Å². The van der Waals surface area contributed by atoms with Crippen molar-refractivity contribution in [3.8, 4) is 10.6 Å². The maximum Gasteiger partial charge on any atom is 0.227 e. The molecule has 3 aromatic heterocycles. The minimum Gasteiger partial charge on any atom is -0.390 e. The molecule has 4 N–H and O–H groups in total. The van der Waals surface area contributed by atoms with Crippen molar-refractivity contribution in [2.24, 2.45) is 11.8 Å². The lowest BCUT2D eigenvalue weighted by Gasteiger charge is -2.22. The molecule has 10 nitrogen and oxygen atoms in total. The third kappa shape index (κ3) is 5.41. The number of aryl methyl sites for hydroxylation is 1. The molecular weight excluding hydrogens is 538 g/mol. The SMILES string of the molecule is Cc1nc(N[C@H](C)C2CC2)nc(N[C@@H]2C[C@H](C(=O)N(C)C)[C@@H](O)[C@H]2O)c1-c1nc2c(C3CC3)nccc2s1.Cl. The normalized spacial score (nSPS) is 25.3. The predicted molar refractivity (Wildman–Crippen MR) is 154 cm³/mol. The van der Waals surface area contributed by atoms with Crippen LogP contribution in [-0.4, -0.2) is 79.3 Å². The van der Waals surface area contributed by atoms with Gasteiger partial charge in [0.2, 0.25) is 11.9 Å². The number of nitrogens with one attached hydrogen (secondary N) is 2. The van der Waals surface area contributed by atoms with Crippen molar-refractivity contribution in [3.05, 3.63) is 23.7 Å². The molecule has 0 aliphatic heterocycles. The Morgan fingerprint density at radius 1 is 1.13 bits per heavy atom. The number of aromatic nitrogens is 4. The smallest absolute Gasteiger partial charge is 0.227 e. The number of halogens is 1. The number of hydrogen-bond acceptors (Lipinski definition) is 10. The minimum atomic E-state index is -1.16. The number of thiazole rings is 1. The largest absolute Gasteiger partial charge is 0.390 e. The molecule has 1 amide bonds. The van der Waals surface area contributed by atoms with Gasteiger partial charge in [-0.2, -0.15) is 4.98 Å². The highest BCUT2D eigenvalue weighted by Gasteiger charge is 2.46. The van der Waals surface area contributed by atoms with E-state index >= 15 is 0 Å². The summed E-state index contributed by atoms with van der Waals surface area (Å²) in [5, 5.41) is 29.2. The molecule has 0 saturated heterocycles. The number of amides is 1. The molecular formula is C27H36ClN7O3S. The summed E-state index contributed by atoms with van der Waals surface area (Å²) in [6.45, 7) is 4.09. The number of hydrogen-bond donors (Lipinski definition) is 4. The van der Waals surface area contributed by atoms with Crippen molar-refractivity contribution < 1.29 is 15.0 Å². The van der Waals surface area contributed by atoms with Gasteiger partial charge in [0, 0.05) is 32.3 Å². The Hall–Kier alpha value is -2.60. The minimum absolute atomic E-state index is 0. The van der Waals surface area contributed by atoms with E-state index in [1.54, 1.807) is 25.4 Å². The van der Waals surface area contributed by atoms with E-state index in [0.29, 0.717) is 30.0 Å². The maximum absolute atomic E-state index is 12.7. The van der Waals surface area contributed by atoms with Gasteiger partial charge >= 0.3 is 0 Å². The molecule has 3 heterocycles. The van der Waals surface area contributed by atoms with Gasteiger partial charge in [-0.3, -0.25) is 9.78 Å². The first-order chi connectivity index (χ1) is 18.2. The number of anilines is 2. The van der Waals surface area contributed by atoms with Crippen molar-refractivity contribution in [2.75, 3.05) is 24.7 Å². The summed E-state index contributed by atoms with van der Waals surface area (Å²) in [4.78, 5) is 33.4. The van der Waals surface area contributed by atoms with Gasteiger partial charge in [0.1, 0.15) is 22.4 Å². The monoisotopic (exact) mass is 573 g/mol. The van der Waals surface area contributed by atoms with E-state index in [0.717, 1.165) is 45.0 Å². The van der Waals surface area contributed by atoms with Gasteiger partial charge in [0.25, 0.3) is 0 Å². The summed E-state index contributed by atoms with van der Waals surface area (Å²) in [5.41, 5.74) is 3.51. The molecule has 0 radical (unpaired) electrons. The average Bonchev–Trinajstić information content (AvgIpc) is 3.80. The van der Waals surface area contributed by atoms with Gasteiger partial charge in [-0.15, -0.1) is 23.7 Å². The third-order valence-corrected chi connectivity index (χ3v) is 9.09. The van der Waals surface area contributed by atoms with E-state index in [1.165, 1.54) is 17.7 Å². The predicted octanol–water partition coefficient (Wildman–Crippen LogP) is 3.58. The first-order valence-electron chi connectivity index (χ1n) is 13.5. The van der Waals surface area contributed by atoms with Crippen LogP contribution in [0.15, 0.2) is 12.3 Å². The molecule has 3 aliphatic carbocycles. The first-order valence-corrected chi connectivity index (χ1v) is 14.3. The Morgan fingerprint density at radius 3 is 2.54 bits per heavy atom. The molecule has 12 heteroatoms. The van der Waals surface area contributed by atoms with E-state index in [9.17, 15) is 15.0 Å². The van der Waals surface area contributed by atoms with Crippen LogP contribution in [0.1, 0.15) is 56.3 Å². The molecule has 0 bridgehead atoms. The van der Waals surface area contributed by atoms with Crippen LogP contribution in [0.5, 0.6) is 0 Å². The number of rotatable bonds is 8. The Balaban J connectivity index is 0.00000308. The van der Waals surface area contributed by atoms with Crippen LogP contribution in [0, 0.1) is 18.8 Å². The quantitative estimate of drug-likeness (QED) is 0.319. The number of nitrogens with zero attached hydrogens (tertiary/aromatic N) is 5. The van der Waals surface area contributed by atoms with Gasteiger partial charge in [-0.05, 0) is 57.9 Å². The van der Waals surface area contributed by atoms with Gasteiger partial charge < -0.3 is 25.7 Å². The standard InChI is InChI=1S/C27H35N7O3S.ClH/c1-12(14-5-6-14)29-27-30-13(2)19(25-32-21-18(38-25)9-10-28-20(21)15-7-8-15)24(33-27)31-17-11-16(22(35)23(17)36)26(37)34(3)4;/h9-10,12,14-17,22-23,35-36H,5-8,11H2,1-4H3,(H2,29,30,31,33);1H/t12-,16+,17-,22-,23+;/m1./s1. The lowest BCUT2D eigenvalue weighted by atomic mass is 10.0. The molecule has 5 atom stereocenters. The summed E-state index contributed by atoms with van der Waals surface area (Å²) >= 11 is 1.58. The third-order valence-electron chi connectivity index (χ3n) is 8.05. The molecule has 39 heavy (non-hydrogen) atoms. The summed E-state index contributed by atoms with van der Waals surface area (Å²) < 4.78 is 1.07. The van der Waals surface area contributed by atoms with Gasteiger partial charge in [0.05, 0.1) is 39.7 Å². The summed E-state index contributed by atoms with van der Waals surface area (Å²) in [7, 11) is 3.32. The zero-order chi connectivity index (χ0) is 26.7. The summed E-state index contributed by atoms with van der Waals surface area (Å²) in [6.07, 6.45) is 4.55. The van der Waals surface area contributed by atoms with Gasteiger partial charge in [0.15, 0.2) is 0 Å². The number of aliphatic hydroxyl groups excluding tert-OH is 2. The molecule has 210 valence electrons. The molecule has 0 aromatic carbocycles. The van der Waals surface area contributed by atoms with E-state index < -0.39 is 24.2 Å². The Morgan fingerprint density at radius 2 is 1.87 bits per heavy atom. The average molecular weight is 574 g/mol. The number of aliphatic hydroxyl groups is 2. The second-order valence-corrected chi connectivity index (χ2v) is 12.3. The Labute approximate surface area is 238 Å². The van der Waals surface area contributed by atoms with Crippen LogP contribution in [0.4, 0.5) is 11.8 Å². The van der Waals surface area contributed by atoms with E-state index in [2.05, 4.69) is 22.5 Å². The molecule has 6 rings (SSSR count). The molecule has 3 fully saturated rings. The Bertz CT molecular complexity index is 1380. The van der Waals surface area contributed by atoms with Gasteiger partial charge in [-0.1, -0.05) is 0 Å². The van der Waals surface area contributed by atoms with Crippen LogP contribution in [0.3, 0.4) is 0 Å². The highest BCUT2D eigenvalue weighted by atomic mass is 35.5.